The minimum absolute atomic E-state index is 0.0456. The lowest BCUT2D eigenvalue weighted by atomic mass is 10.7. The lowest BCUT2D eigenvalue weighted by Gasteiger charge is -2.26. The molecule has 0 atom stereocenters. The van der Waals surface area contributed by atoms with Gasteiger partial charge in [0, 0.05) is 0 Å². The first-order valence-electron chi connectivity index (χ1n) is 2.39. The maximum absolute atomic E-state index is 5.29. The van der Waals surface area contributed by atoms with Gasteiger partial charge in [-0.05, 0) is 5.22 Å². The maximum Gasteiger partial charge on any atom is 0.191 e. The molecule has 0 saturated heterocycles. The van der Waals surface area contributed by atoms with Crippen molar-refractivity contribution in [1.82, 2.24) is 10.3 Å². The fraction of sp³-hybridized carbons (Fsp3) is 0. The molecule has 0 spiro atoms. The minimum atomic E-state index is 0.0456. The van der Waals surface area contributed by atoms with E-state index in [1.54, 1.807) is 0 Å². The van der Waals surface area contributed by atoms with Gasteiger partial charge in [0.1, 0.15) is 0 Å². The molecule has 0 amide bonds. The largest absolute Gasteiger partial charge is 0.380 e. The zero-order valence-corrected chi connectivity index (χ0v) is 5.10. The molecule has 10 heavy (non-hydrogen) atoms. The van der Waals surface area contributed by atoms with Gasteiger partial charge in [-0.1, -0.05) is 5.23 Å². The van der Waals surface area contributed by atoms with E-state index in [-0.39, 0.29) is 11.6 Å². The van der Waals surface area contributed by atoms with E-state index in [0.717, 1.165) is 10.3 Å². The minimum Gasteiger partial charge on any atom is -0.380 e. The number of hydrogen-bond acceptors (Lipinski definition) is 8. The number of nitrogens with zero attached hydrogens (tertiary/aromatic N) is 4. The van der Waals surface area contributed by atoms with Gasteiger partial charge in [-0.3, -0.25) is 0 Å². The van der Waals surface area contributed by atoms with Crippen LogP contribution >= 0.6 is 0 Å². The number of rotatable bonds is 0. The Bertz CT molecular complexity index is 191. The Balaban J connectivity index is 2.88. The van der Waals surface area contributed by atoms with Gasteiger partial charge in [0.25, 0.3) is 0 Å². The summed E-state index contributed by atoms with van der Waals surface area (Å²) >= 11 is 0. The zero-order valence-electron chi connectivity index (χ0n) is 5.10. The summed E-state index contributed by atoms with van der Waals surface area (Å²) < 4.78 is 0. The zero-order chi connectivity index (χ0) is 7.72. The average Bonchev–Trinajstić information content (AvgIpc) is 1.93. The second-order valence-corrected chi connectivity index (χ2v) is 1.62. The van der Waals surface area contributed by atoms with Crippen LogP contribution in [0.4, 0.5) is 0 Å². The van der Waals surface area contributed by atoms with Gasteiger partial charge in [0.2, 0.25) is 0 Å². The Morgan fingerprint density at radius 1 is 1.20 bits per heavy atom. The van der Waals surface area contributed by atoms with Gasteiger partial charge in [-0.2, -0.15) is 5.12 Å². The van der Waals surface area contributed by atoms with Crippen LogP contribution in [0, 0.1) is 0 Å². The van der Waals surface area contributed by atoms with E-state index in [0.29, 0.717) is 0 Å². The second kappa shape index (κ2) is 2.01. The molecule has 0 radical (unpaired) electrons. The van der Waals surface area contributed by atoms with Crippen molar-refractivity contribution in [3.63, 3.8) is 0 Å². The summed E-state index contributed by atoms with van der Waals surface area (Å²) in [6.07, 6.45) is 0. The highest BCUT2D eigenvalue weighted by Gasteiger charge is 2.14. The van der Waals surface area contributed by atoms with Crippen LogP contribution in [0.3, 0.4) is 0 Å². The van der Waals surface area contributed by atoms with E-state index in [2.05, 4.69) is 10.3 Å². The molecule has 8 heteroatoms. The molecule has 8 nitrogen and oxygen atoms in total. The summed E-state index contributed by atoms with van der Waals surface area (Å²) in [5, 5.41) is 8.34. The van der Waals surface area contributed by atoms with Crippen molar-refractivity contribution in [1.29, 1.82) is 0 Å². The predicted molar refractivity (Wildman–Crippen MR) is 32.3 cm³/mol. The smallest absolute Gasteiger partial charge is 0.191 e. The lowest BCUT2D eigenvalue weighted by molar-refractivity contribution is -0.0123. The van der Waals surface area contributed by atoms with Gasteiger partial charge in [0.15, 0.2) is 11.6 Å². The van der Waals surface area contributed by atoms with Crippen LogP contribution < -0.4 is 23.2 Å². The lowest BCUT2D eigenvalue weighted by Crippen LogP contribution is -2.52. The van der Waals surface area contributed by atoms with E-state index in [1.807, 2.05) is 0 Å². The summed E-state index contributed by atoms with van der Waals surface area (Å²) in [5.41, 5.74) is 10.5. The monoisotopic (exact) mass is 144 g/mol. The molecule has 1 aliphatic heterocycles. The summed E-state index contributed by atoms with van der Waals surface area (Å²) in [6.45, 7) is 0. The first-order chi connectivity index (χ1) is 4.63. The highest BCUT2D eigenvalue weighted by Crippen LogP contribution is 2.05. The molecule has 0 aliphatic carbocycles. The third-order valence-corrected chi connectivity index (χ3v) is 0.974. The molecule has 1 rings (SSSR count). The van der Waals surface area contributed by atoms with Crippen LogP contribution in [-0.4, -0.2) is 10.3 Å². The summed E-state index contributed by atoms with van der Waals surface area (Å²) in [4.78, 5) is 0. The van der Waals surface area contributed by atoms with Gasteiger partial charge in [-0.25, -0.2) is 11.7 Å². The first-order valence-corrected chi connectivity index (χ1v) is 2.39. The van der Waals surface area contributed by atoms with Crippen molar-refractivity contribution in [2.75, 3.05) is 0 Å². The fourth-order valence-electron chi connectivity index (χ4n) is 0.416. The van der Waals surface area contributed by atoms with Crippen LogP contribution in [0.2, 0.25) is 0 Å². The van der Waals surface area contributed by atoms with Crippen molar-refractivity contribution in [3.05, 3.63) is 11.6 Å². The molecule has 0 fully saturated rings. The predicted octanol–water partition coefficient (Wildman–Crippen LogP) is -2.32. The SMILES string of the molecule is NC1=C(N)N(N)N(N)N=N1. The molecule has 0 aromatic carbocycles. The number of hydrogen-bond donors (Lipinski definition) is 4. The molecule has 1 heterocycles. The second-order valence-electron chi connectivity index (χ2n) is 1.62. The molecule has 0 aromatic rings. The van der Waals surface area contributed by atoms with E-state index >= 15 is 0 Å². The molecule has 8 N–H and O–H groups in total. The van der Waals surface area contributed by atoms with E-state index in [1.165, 1.54) is 0 Å². The Morgan fingerprint density at radius 2 is 1.80 bits per heavy atom. The summed E-state index contributed by atoms with van der Waals surface area (Å²) in [7, 11) is 0. The van der Waals surface area contributed by atoms with Crippen molar-refractivity contribution in [2.24, 2.45) is 33.5 Å². The van der Waals surface area contributed by atoms with Crippen molar-refractivity contribution in [2.45, 2.75) is 0 Å². The molecule has 1 aliphatic rings. The van der Waals surface area contributed by atoms with Crippen LogP contribution in [0.25, 0.3) is 0 Å². The maximum atomic E-state index is 5.29. The standard InChI is InChI=1S/C2H8N8/c3-1-2(4)9(5)10(6)8-7-1/h3-6H2. The molecule has 0 bridgehead atoms. The highest BCUT2D eigenvalue weighted by atomic mass is 16.0. The van der Waals surface area contributed by atoms with Crippen LogP contribution in [-0.2, 0) is 0 Å². The molecule has 0 saturated carbocycles. The van der Waals surface area contributed by atoms with E-state index < -0.39 is 0 Å². The van der Waals surface area contributed by atoms with Crippen molar-refractivity contribution < 1.29 is 0 Å². The van der Waals surface area contributed by atoms with Gasteiger partial charge < -0.3 is 11.5 Å². The first kappa shape index (κ1) is 6.58. The fourth-order valence-corrected chi connectivity index (χ4v) is 0.416. The van der Waals surface area contributed by atoms with E-state index in [4.69, 9.17) is 23.2 Å². The molecular weight excluding hydrogens is 136 g/mol. The normalized spacial score (nSPS) is 18.6. The Labute approximate surface area is 56.6 Å². The summed E-state index contributed by atoms with van der Waals surface area (Å²) in [5.74, 6) is 10.5. The Hall–Kier alpha value is -1.54. The Morgan fingerprint density at radius 3 is 2.30 bits per heavy atom. The van der Waals surface area contributed by atoms with Gasteiger partial charge in [0.05, 0.1) is 0 Å². The molecule has 0 aromatic heterocycles. The number of hydrazine groups is 3. The van der Waals surface area contributed by atoms with Crippen LogP contribution in [0.5, 0.6) is 0 Å². The third-order valence-electron chi connectivity index (χ3n) is 0.974. The highest BCUT2D eigenvalue weighted by molar-refractivity contribution is 5.03. The van der Waals surface area contributed by atoms with E-state index in [9.17, 15) is 0 Å². The molecule has 56 valence electrons. The topological polar surface area (TPSA) is 135 Å². The molecular formula is C2H8N8. The Kier molecular flexibility index (Phi) is 1.32. The quantitative estimate of drug-likeness (QED) is 0.282. The molecule has 0 unspecified atom stereocenters. The average molecular weight is 144 g/mol. The van der Waals surface area contributed by atoms with Crippen molar-refractivity contribution >= 4 is 0 Å². The van der Waals surface area contributed by atoms with Gasteiger partial charge >= 0.3 is 0 Å². The van der Waals surface area contributed by atoms with Crippen LogP contribution in [0.15, 0.2) is 22.0 Å². The van der Waals surface area contributed by atoms with Crippen molar-refractivity contribution in [3.8, 4) is 0 Å². The number of nitrogens with two attached hydrogens (primary N) is 4. The third kappa shape index (κ3) is 0.806. The van der Waals surface area contributed by atoms with Gasteiger partial charge in [-0.15, -0.1) is 5.11 Å². The van der Waals surface area contributed by atoms with Crippen LogP contribution in [0.1, 0.15) is 0 Å². The summed E-state index contributed by atoms with van der Waals surface area (Å²) in [6, 6.07) is 0.